The van der Waals surface area contributed by atoms with Crippen LogP contribution in [0.5, 0.6) is 11.5 Å². The molecule has 2 aromatic carbocycles. The number of rotatable bonds is 3. The molecular formula is C17H12ClN3O4. The summed E-state index contributed by atoms with van der Waals surface area (Å²) in [7, 11) is 0. The van der Waals surface area contributed by atoms with Crippen molar-refractivity contribution in [3.8, 4) is 23.0 Å². The van der Waals surface area contributed by atoms with Crippen molar-refractivity contribution in [3.05, 3.63) is 53.6 Å². The van der Waals surface area contributed by atoms with Crippen LogP contribution in [0.3, 0.4) is 0 Å². The second-order valence-corrected chi connectivity index (χ2v) is 5.71. The quantitative estimate of drug-likeness (QED) is 0.774. The van der Waals surface area contributed by atoms with Gasteiger partial charge in [0, 0.05) is 10.6 Å². The van der Waals surface area contributed by atoms with Crippen LogP contribution in [0.4, 0.5) is 6.01 Å². The number of para-hydroxylation sites is 2. The second kappa shape index (κ2) is 6.45. The number of nitrogens with zero attached hydrogens (tertiary/aromatic N) is 2. The van der Waals surface area contributed by atoms with E-state index < -0.39 is 12.0 Å². The molecule has 3 aromatic rings. The topological polar surface area (TPSA) is 86.5 Å². The number of ether oxygens (including phenoxy) is 2. The molecule has 0 aliphatic carbocycles. The number of amides is 1. The molecule has 1 aliphatic heterocycles. The molecule has 1 atom stereocenters. The first-order valence-corrected chi connectivity index (χ1v) is 7.85. The van der Waals surface area contributed by atoms with Crippen molar-refractivity contribution in [2.45, 2.75) is 6.10 Å². The number of fused-ring (bicyclic) bond motifs is 1. The minimum Gasteiger partial charge on any atom is -0.485 e. The van der Waals surface area contributed by atoms with E-state index in [1.54, 1.807) is 42.5 Å². The van der Waals surface area contributed by atoms with E-state index in [4.69, 9.17) is 25.5 Å². The van der Waals surface area contributed by atoms with E-state index in [1.165, 1.54) is 0 Å². The van der Waals surface area contributed by atoms with Gasteiger partial charge in [0.2, 0.25) is 12.0 Å². The summed E-state index contributed by atoms with van der Waals surface area (Å²) < 4.78 is 16.6. The Morgan fingerprint density at radius 1 is 1.08 bits per heavy atom. The molecule has 0 bridgehead atoms. The number of hydrogen-bond donors (Lipinski definition) is 1. The third-order valence-electron chi connectivity index (χ3n) is 3.55. The first-order chi connectivity index (χ1) is 12.2. The highest BCUT2D eigenvalue weighted by Gasteiger charge is 2.28. The van der Waals surface area contributed by atoms with Gasteiger partial charge in [-0.2, -0.15) is 0 Å². The average Bonchev–Trinajstić information content (AvgIpc) is 3.10. The predicted octanol–water partition coefficient (Wildman–Crippen LogP) is 3.17. The van der Waals surface area contributed by atoms with Gasteiger partial charge in [-0.25, -0.2) is 0 Å². The van der Waals surface area contributed by atoms with Gasteiger partial charge in [-0.05, 0) is 36.4 Å². The first-order valence-electron chi connectivity index (χ1n) is 7.48. The van der Waals surface area contributed by atoms with Gasteiger partial charge in [-0.15, -0.1) is 5.10 Å². The SMILES string of the molecule is O=C(Nc1nnc(-c2ccc(Cl)cc2)o1)[C@H]1COc2ccccc2O1. The molecule has 0 saturated heterocycles. The lowest BCUT2D eigenvalue weighted by atomic mass is 10.2. The highest BCUT2D eigenvalue weighted by Crippen LogP contribution is 2.31. The van der Waals surface area contributed by atoms with Crippen LogP contribution in [0.15, 0.2) is 52.9 Å². The second-order valence-electron chi connectivity index (χ2n) is 5.27. The molecule has 8 heteroatoms. The Hall–Kier alpha value is -3.06. The monoisotopic (exact) mass is 357 g/mol. The third kappa shape index (κ3) is 3.27. The summed E-state index contributed by atoms with van der Waals surface area (Å²) in [5.74, 6) is 0.967. The molecule has 1 aromatic heterocycles. The predicted molar refractivity (Wildman–Crippen MR) is 89.7 cm³/mol. The molecular weight excluding hydrogens is 346 g/mol. The summed E-state index contributed by atoms with van der Waals surface area (Å²) in [5, 5.41) is 10.9. The fourth-order valence-electron chi connectivity index (χ4n) is 2.32. The van der Waals surface area contributed by atoms with Crippen molar-refractivity contribution < 1.29 is 18.7 Å². The fourth-order valence-corrected chi connectivity index (χ4v) is 2.44. The number of nitrogens with one attached hydrogen (secondary N) is 1. The van der Waals surface area contributed by atoms with Gasteiger partial charge in [-0.1, -0.05) is 28.8 Å². The van der Waals surface area contributed by atoms with E-state index in [0.29, 0.717) is 22.1 Å². The van der Waals surface area contributed by atoms with Crippen molar-refractivity contribution in [1.29, 1.82) is 0 Å². The van der Waals surface area contributed by atoms with E-state index >= 15 is 0 Å². The fraction of sp³-hybridized carbons (Fsp3) is 0.118. The van der Waals surface area contributed by atoms with Crippen molar-refractivity contribution in [2.24, 2.45) is 0 Å². The molecule has 0 saturated carbocycles. The summed E-state index contributed by atoms with van der Waals surface area (Å²) in [4.78, 5) is 12.3. The molecule has 0 radical (unpaired) electrons. The van der Waals surface area contributed by atoms with Gasteiger partial charge < -0.3 is 13.9 Å². The van der Waals surface area contributed by atoms with Gasteiger partial charge in [0.05, 0.1) is 0 Å². The van der Waals surface area contributed by atoms with Crippen LogP contribution in [-0.2, 0) is 4.79 Å². The van der Waals surface area contributed by atoms with E-state index in [0.717, 1.165) is 0 Å². The number of carbonyl (C=O) groups excluding carboxylic acids is 1. The van der Waals surface area contributed by atoms with Crippen LogP contribution in [-0.4, -0.2) is 28.8 Å². The van der Waals surface area contributed by atoms with Crippen LogP contribution in [0.25, 0.3) is 11.5 Å². The molecule has 7 nitrogen and oxygen atoms in total. The highest BCUT2D eigenvalue weighted by atomic mass is 35.5. The van der Waals surface area contributed by atoms with Gasteiger partial charge in [0.1, 0.15) is 6.61 Å². The summed E-state index contributed by atoms with van der Waals surface area (Å²) in [6.07, 6.45) is -0.805. The van der Waals surface area contributed by atoms with E-state index in [-0.39, 0.29) is 18.5 Å². The third-order valence-corrected chi connectivity index (χ3v) is 3.80. The van der Waals surface area contributed by atoms with Crippen LogP contribution in [0, 0.1) is 0 Å². The molecule has 25 heavy (non-hydrogen) atoms. The lowest BCUT2D eigenvalue weighted by Gasteiger charge is -2.24. The molecule has 2 heterocycles. The van der Waals surface area contributed by atoms with Gasteiger partial charge in [0.15, 0.2) is 11.5 Å². The smallest absolute Gasteiger partial charge is 0.322 e. The van der Waals surface area contributed by atoms with Crippen LogP contribution in [0.1, 0.15) is 0 Å². The molecule has 4 rings (SSSR count). The average molecular weight is 358 g/mol. The number of halogens is 1. The highest BCUT2D eigenvalue weighted by molar-refractivity contribution is 6.30. The van der Waals surface area contributed by atoms with Crippen LogP contribution in [0.2, 0.25) is 5.02 Å². The van der Waals surface area contributed by atoms with E-state index in [1.807, 2.05) is 6.07 Å². The normalized spacial score (nSPS) is 15.6. The maximum Gasteiger partial charge on any atom is 0.322 e. The molecule has 0 spiro atoms. The maximum absolute atomic E-state index is 12.3. The molecule has 0 fully saturated rings. The number of carbonyl (C=O) groups is 1. The Morgan fingerprint density at radius 3 is 2.64 bits per heavy atom. The lowest BCUT2D eigenvalue weighted by Crippen LogP contribution is -2.40. The van der Waals surface area contributed by atoms with E-state index in [9.17, 15) is 4.79 Å². The molecule has 0 unspecified atom stereocenters. The minimum absolute atomic E-state index is 0.0163. The molecule has 1 aliphatic rings. The Balaban J connectivity index is 1.44. The number of hydrogen-bond acceptors (Lipinski definition) is 6. The Morgan fingerprint density at radius 2 is 1.84 bits per heavy atom. The molecule has 1 amide bonds. The summed E-state index contributed by atoms with van der Waals surface area (Å²) in [5.41, 5.74) is 0.698. The van der Waals surface area contributed by atoms with Crippen molar-refractivity contribution in [1.82, 2.24) is 10.2 Å². The number of benzene rings is 2. The van der Waals surface area contributed by atoms with Crippen LogP contribution < -0.4 is 14.8 Å². The zero-order valence-electron chi connectivity index (χ0n) is 12.8. The molecule has 1 N–H and O–H groups in total. The maximum atomic E-state index is 12.3. The van der Waals surface area contributed by atoms with Gasteiger partial charge in [-0.3, -0.25) is 10.1 Å². The van der Waals surface area contributed by atoms with Crippen molar-refractivity contribution >= 4 is 23.5 Å². The first kappa shape index (κ1) is 15.5. The van der Waals surface area contributed by atoms with Crippen molar-refractivity contribution in [3.63, 3.8) is 0 Å². The summed E-state index contributed by atoms with van der Waals surface area (Å²) in [6, 6.07) is 14.1. The zero-order valence-corrected chi connectivity index (χ0v) is 13.6. The standard InChI is InChI=1S/C17H12ClN3O4/c18-11-7-5-10(6-8-11)16-20-21-17(25-16)19-15(22)14-9-23-12-3-1-2-4-13(12)24-14/h1-8,14H,9H2,(H,19,21,22)/t14-/m1/s1. The van der Waals surface area contributed by atoms with Gasteiger partial charge in [0.25, 0.3) is 5.91 Å². The van der Waals surface area contributed by atoms with E-state index in [2.05, 4.69) is 15.5 Å². The lowest BCUT2D eigenvalue weighted by molar-refractivity contribution is -0.125. The largest absolute Gasteiger partial charge is 0.485 e. The minimum atomic E-state index is -0.805. The Kier molecular flexibility index (Phi) is 3.99. The van der Waals surface area contributed by atoms with Crippen LogP contribution >= 0.6 is 11.6 Å². The van der Waals surface area contributed by atoms with Gasteiger partial charge >= 0.3 is 6.01 Å². The van der Waals surface area contributed by atoms with Crippen molar-refractivity contribution in [2.75, 3.05) is 11.9 Å². The Labute approximate surface area is 147 Å². The summed E-state index contributed by atoms with van der Waals surface area (Å²) in [6.45, 7) is 0.0982. The summed E-state index contributed by atoms with van der Waals surface area (Å²) >= 11 is 5.85. The number of aromatic nitrogens is 2. The number of anilines is 1. The zero-order chi connectivity index (χ0) is 17.2. The Bertz CT molecular complexity index is 910. The molecule has 126 valence electrons.